The molecule has 2 heteroatoms. The summed E-state index contributed by atoms with van der Waals surface area (Å²) < 4.78 is 0. The summed E-state index contributed by atoms with van der Waals surface area (Å²) >= 11 is 0. The summed E-state index contributed by atoms with van der Waals surface area (Å²) in [5.74, 6) is 1.01. The SMILES string of the molecule is CCC1(C)N=C2C=CC(=N)C(C)=C2C(C)C1C. The van der Waals surface area contributed by atoms with E-state index in [0.29, 0.717) is 17.5 Å². The van der Waals surface area contributed by atoms with Crippen molar-refractivity contribution in [1.82, 2.24) is 0 Å². The van der Waals surface area contributed by atoms with Crippen LogP contribution in [0, 0.1) is 17.2 Å². The Bertz CT molecular complexity index is 454. The molecule has 0 fully saturated rings. The minimum Gasteiger partial charge on any atom is -0.301 e. The number of allylic oxidation sites excluding steroid dienone is 4. The fourth-order valence-corrected chi connectivity index (χ4v) is 2.95. The second-order valence-corrected chi connectivity index (χ2v) is 5.57. The summed E-state index contributed by atoms with van der Waals surface area (Å²) in [4.78, 5) is 4.95. The minimum atomic E-state index is 0.0440. The molecule has 0 bridgehead atoms. The molecule has 17 heavy (non-hydrogen) atoms. The van der Waals surface area contributed by atoms with E-state index >= 15 is 0 Å². The molecule has 2 aliphatic rings. The number of rotatable bonds is 1. The molecule has 3 atom stereocenters. The van der Waals surface area contributed by atoms with E-state index < -0.39 is 0 Å². The van der Waals surface area contributed by atoms with Crippen LogP contribution in [-0.2, 0) is 0 Å². The normalized spacial score (nSPS) is 37.0. The first-order valence-corrected chi connectivity index (χ1v) is 6.48. The van der Waals surface area contributed by atoms with Crippen molar-refractivity contribution in [2.24, 2.45) is 16.8 Å². The summed E-state index contributed by atoms with van der Waals surface area (Å²) in [5, 5.41) is 7.92. The minimum absolute atomic E-state index is 0.0440. The standard InChI is InChI=1S/C15H22N2/c1-6-15(5)11(4)9(2)14-10(3)12(16)7-8-13(14)17-15/h7-9,11,16H,6H2,1-5H3. The molecule has 0 saturated heterocycles. The first kappa shape index (κ1) is 12.3. The number of hydrogen-bond acceptors (Lipinski definition) is 2. The van der Waals surface area contributed by atoms with E-state index in [9.17, 15) is 0 Å². The molecule has 2 rings (SSSR count). The first-order valence-electron chi connectivity index (χ1n) is 6.48. The topological polar surface area (TPSA) is 36.2 Å². The molecule has 1 aliphatic carbocycles. The molecule has 0 aromatic rings. The van der Waals surface area contributed by atoms with E-state index in [2.05, 4.69) is 34.6 Å². The van der Waals surface area contributed by atoms with Gasteiger partial charge in [0.15, 0.2) is 0 Å². The molecule has 1 aliphatic heterocycles. The van der Waals surface area contributed by atoms with Gasteiger partial charge >= 0.3 is 0 Å². The van der Waals surface area contributed by atoms with Gasteiger partial charge in [-0.25, -0.2) is 0 Å². The van der Waals surface area contributed by atoms with Crippen molar-refractivity contribution in [3.8, 4) is 0 Å². The average molecular weight is 230 g/mol. The molecular formula is C15H22N2. The maximum Gasteiger partial charge on any atom is 0.0620 e. The van der Waals surface area contributed by atoms with Gasteiger partial charge < -0.3 is 5.41 Å². The molecule has 0 amide bonds. The highest BCUT2D eigenvalue weighted by Gasteiger charge is 2.40. The van der Waals surface area contributed by atoms with Gasteiger partial charge in [-0.1, -0.05) is 20.8 Å². The van der Waals surface area contributed by atoms with Crippen LogP contribution in [0.15, 0.2) is 28.3 Å². The van der Waals surface area contributed by atoms with Crippen molar-refractivity contribution in [3.05, 3.63) is 23.3 Å². The highest BCUT2D eigenvalue weighted by molar-refractivity contribution is 6.23. The Morgan fingerprint density at radius 3 is 2.59 bits per heavy atom. The fourth-order valence-electron chi connectivity index (χ4n) is 2.95. The maximum atomic E-state index is 7.92. The zero-order chi connectivity index (χ0) is 12.8. The van der Waals surface area contributed by atoms with Crippen molar-refractivity contribution < 1.29 is 0 Å². The van der Waals surface area contributed by atoms with Gasteiger partial charge in [-0.3, -0.25) is 4.99 Å². The molecule has 3 unspecified atom stereocenters. The summed E-state index contributed by atoms with van der Waals surface area (Å²) in [6, 6.07) is 0. The fraction of sp³-hybridized carbons (Fsp3) is 0.600. The van der Waals surface area contributed by atoms with Crippen LogP contribution >= 0.6 is 0 Å². The van der Waals surface area contributed by atoms with Crippen LogP contribution in [0.3, 0.4) is 0 Å². The van der Waals surface area contributed by atoms with Crippen molar-refractivity contribution in [2.45, 2.75) is 46.6 Å². The van der Waals surface area contributed by atoms with Gasteiger partial charge in [-0.05, 0) is 55.4 Å². The number of nitrogens with one attached hydrogen (secondary N) is 1. The van der Waals surface area contributed by atoms with Gasteiger partial charge in [-0.15, -0.1) is 0 Å². The van der Waals surface area contributed by atoms with Gasteiger partial charge in [0, 0.05) is 0 Å². The number of nitrogens with zero attached hydrogens (tertiary/aromatic N) is 1. The van der Waals surface area contributed by atoms with Crippen LogP contribution < -0.4 is 0 Å². The van der Waals surface area contributed by atoms with Crippen molar-refractivity contribution in [2.75, 3.05) is 0 Å². The van der Waals surface area contributed by atoms with Gasteiger partial charge in [0.25, 0.3) is 0 Å². The van der Waals surface area contributed by atoms with Crippen LogP contribution in [0.1, 0.15) is 41.0 Å². The highest BCUT2D eigenvalue weighted by atomic mass is 14.9. The molecule has 2 nitrogen and oxygen atoms in total. The predicted molar refractivity (Wildman–Crippen MR) is 74.0 cm³/mol. The zero-order valence-electron chi connectivity index (χ0n) is 11.5. The third kappa shape index (κ3) is 1.70. The average Bonchev–Trinajstić information content (AvgIpc) is 2.31. The van der Waals surface area contributed by atoms with Gasteiger partial charge in [0.05, 0.1) is 17.0 Å². The molecule has 0 aromatic heterocycles. The van der Waals surface area contributed by atoms with E-state index in [1.165, 1.54) is 5.57 Å². The highest BCUT2D eigenvalue weighted by Crippen LogP contribution is 2.42. The Balaban J connectivity index is 2.60. The summed E-state index contributed by atoms with van der Waals surface area (Å²) in [6.45, 7) is 11.1. The predicted octanol–water partition coefficient (Wildman–Crippen LogP) is 3.79. The summed E-state index contributed by atoms with van der Waals surface area (Å²) in [7, 11) is 0. The molecule has 0 aromatic carbocycles. The Kier molecular flexibility index (Phi) is 2.84. The van der Waals surface area contributed by atoms with Crippen molar-refractivity contribution in [3.63, 3.8) is 0 Å². The van der Waals surface area contributed by atoms with E-state index in [4.69, 9.17) is 10.4 Å². The molecule has 1 N–H and O–H groups in total. The lowest BCUT2D eigenvalue weighted by Crippen LogP contribution is -2.42. The van der Waals surface area contributed by atoms with E-state index in [0.717, 1.165) is 17.7 Å². The van der Waals surface area contributed by atoms with Crippen molar-refractivity contribution >= 4 is 11.4 Å². The molecule has 92 valence electrons. The lowest BCUT2D eigenvalue weighted by atomic mass is 9.68. The second kappa shape index (κ2) is 3.94. The number of hydrogen-bond donors (Lipinski definition) is 1. The van der Waals surface area contributed by atoms with Crippen LogP contribution in [0.25, 0.3) is 0 Å². The second-order valence-electron chi connectivity index (χ2n) is 5.57. The van der Waals surface area contributed by atoms with Crippen LogP contribution in [0.5, 0.6) is 0 Å². The maximum absolute atomic E-state index is 7.92. The Morgan fingerprint density at radius 1 is 1.35 bits per heavy atom. The lowest BCUT2D eigenvalue weighted by molar-refractivity contribution is 0.245. The van der Waals surface area contributed by atoms with E-state index in [-0.39, 0.29) is 5.54 Å². The number of fused-ring (bicyclic) bond motifs is 1. The smallest absolute Gasteiger partial charge is 0.0620 e. The van der Waals surface area contributed by atoms with Gasteiger partial charge in [-0.2, -0.15) is 0 Å². The monoisotopic (exact) mass is 230 g/mol. The lowest BCUT2D eigenvalue weighted by Gasteiger charge is -2.42. The Hall–Kier alpha value is -1.18. The molecule has 0 spiro atoms. The third-order valence-electron chi connectivity index (χ3n) is 4.77. The Morgan fingerprint density at radius 2 is 2.00 bits per heavy atom. The summed E-state index contributed by atoms with van der Waals surface area (Å²) in [6.07, 6.45) is 4.96. The van der Waals surface area contributed by atoms with Gasteiger partial charge in [0.2, 0.25) is 0 Å². The molecule has 1 heterocycles. The largest absolute Gasteiger partial charge is 0.301 e. The Labute approximate surface area is 104 Å². The van der Waals surface area contributed by atoms with E-state index in [1.807, 2.05) is 12.2 Å². The van der Waals surface area contributed by atoms with Crippen molar-refractivity contribution in [1.29, 1.82) is 5.41 Å². The quantitative estimate of drug-likeness (QED) is 0.665. The molecular weight excluding hydrogens is 208 g/mol. The molecule has 0 saturated carbocycles. The molecule has 0 radical (unpaired) electrons. The summed E-state index contributed by atoms with van der Waals surface area (Å²) in [5.41, 5.74) is 4.17. The van der Waals surface area contributed by atoms with Crippen LogP contribution in [-0.4, -0.2) is 17.0 Å². The first-order chi connectivity index (χ1) is 7.90. The number of aliphatic imine (C=N–C) groups is 1. The van der Waals surface area contributed by atoms with E-state index in [1.54, 1.807) is 0 Å². The zero-order valence-corrected chi connectivity index (χ0v) is 11.5. The van der Waals surface area contributed by atoms with Crippen LogP contribution in [0.4, 0.5) is 0 Å². The van der Waals surface area contributed by atoms with Gasteiger partial charge in [0.1, 0.15) is 0 Å². The van der Waals surface area contributed by atoms with Crippen LogP contribution in [0.2, 0.25) is 0 Å². The third-order valence-corrected chi connectivity index (χ3v) is 4.77.